The highest BCUT2D eigenvalue weighted by Crippen LogP contribution is 2.46. The number of hydrogen-bond donors (Lipinski definition) is 3. The molecular formula is C34H38N6O3S. The Morgan fingerprint density at radius 2 is 1.91 bits per heavy atom. The van der Waals surface area contributed by atoms with Crippen molar-refractivity contribution in [2.75, 3.05) is 30.9 Å². The monoisotopic (exact) mass is 610 g/mol. The van der Waals surface area contributed by atoms with E-state index in [1.54, 1.807) is 11.1 Å². The molecule has 9 nitrogen and oxygen atoms in total. The molecule has 2 aromatic carbocycles. The van der Waals surface area contributed by atoms with Crippen molar-refractivity contribution >= 4 is 50.6 Å². The van der Waals surface area contributed by atoms with Crippen LogP contribution in [0.1, 0.15) is 40.9 Å². The van der Waals surface area contributed by atoms with Crippen LogP contribution in [0.15, 0.2) is 72.9 Å². The summed E-state index contributed by atoms with van der Waals surface area (Å²) in [4.78, 5) is 36.7. The zero-order valence-electron chi connectivity index (χ0n) is 25.2. The normalized spacial score (nSPS) is 18.9. The number of benzene rings is 2. The van der Waals surface area contributed by atoms with Crippen molar-refractivity contribution in [1.29, 1.82) is 0 Å². The average molecular weight is 611 g/mol. The Bertz CT molecular complexity index is 1690. The summed E-state index contributed by atoms with van der Waals surface area (Å²) < 4.78 is 5.99. The van der Waals surface area contributed by atoms with Crippen LogP contribution in [0.25, 0.3) is 10.2 Å². The molecule has 228 valence electrons. The molecule has 44 heavy (non-hydrogen) atoms. The maximum atomic E-state index is 13.6. The predicted octanol–water partition coefficient (Wildman–Crippen LogP) is 6.81. The van der Waals surface area contributed by atoms with Crippen LogP contribution in [0.2, 0.25) is 0 Å². The first-order valence-electron chi connectivity index (χ1n) is 15.0. The van der Waals surface area contributed by atoms with Gasteiger partial charge in [-0.2, -0.15) is 0 Å². The van der Waals surface area contributed by atoms with Crippen LogP contribution in [0, 0.1) is 12.8 Å². The molecule has 0 spiro atoms. The summed E-state index contributed by atoms with van der Waals surface area (Å²) >= 11 is 1.31. The minimum atomic E-state index is -0.325. The van der Waals surface area contributed by atoms with Crippen LogP contribution in [0.4, 0.5) is 21.9 Å². The molecule has 0 saturated heterocycles. The number of hydrogen-bond acceptors (Lipinski definition) is 7. The molecule has 1 atom stereocenters. The van der Waals surface area contributed by atoms with E-state index >= 15 is 0 Å². The molecule has 1 unspecified atom stereocenters. The van der Waals surface area contributed by atoms with E-state index in [1.807, 2.05) is 75.6 Å². The fourth-order valence-corrected chi connectivity index (χ4v) is 7.06. The number of anilines is 3. The number of nitrogens with zero attached hydrogens (tertiary/aromatic N) is 3. The van der Waals surface area contributed by atoms with Crippen molar-refractivity contribution in [1.82, 2.24) is 15.2 Å². The smallest absolute Gasteiger partial charge is 0.331 e. The van der Waals surface area contributed by atoms with Gasteiger partial charge in [-0.05, 0) is 94.6 Å². The summed E-state index contributed by atoms with van der Waals surface area (Å²) in [6.07, 6.45) is 9.59. The highest BCUT2D eigenvalue weighted by molar-refractivity contribution is 7.21. The summed E-state index contributed by atoms with van der Waals surface area (Å²) in [5.74, 6) is 1.65. The third-order valence-corrected chi connectivity index (χ3v) is 9.42. The van der Waals surface area contributed by atoms with Crippen molar-refractivity contribution in [2.45, 2.75) is 44.7 Å². The predicted molar refractivity (Wildman–Crippen MR) is 177 cm³/mol. The van der Waals surface area contributed by atoms with Crippen LogP contribution in [-0.2, 0) is 0 Å². The number of carbonyl (C=O) groups excluding carboxylic acids is 2. The minimum Gasteiger partial charge on any atom is -0.457 e. The largest absolute Gasteiger partial charge is 0.457 e. The second kappa shape index (κ2) is 12.8. The third-order valence-electron chi connectivity index (χ3n) is 8.32. The van der Waals surface area contributed by atoms with Crippen molar-refractivity contribution < 1.29 is 14.3 Å². The van der Waals surface area contributed by atoms with Crippen molar-refractivity contribution in [3.8, 4) is 11.5 Å². The average Bonchev–Trinajstić information content (AvgIpc) is 3.38. The van der Waals surface area contributed by atoms with E-state index in [0.717, 1.165) is 54.6 Å². The number of amides is 3. The summed E-state index contributed by atoms with van der Waals surface area (Å²) in [6.45, 7) is 2.82. The van der Waals surface area contributed by atoms with Gasteiger partial charge in [0.1, 0.15) is 21.2 Å². The number of rotatable bonds is 9. The number of likely N-dealkylation sites (N-methyl/N-ethyl adjacent to an activating group) is 1. The molecular weight excluding hydrogens is 572 g/mol. The fourth-order valence-electron chi connectivity index (χ4n) is 6.04. The number of ether oxygens (including phenoxy) is 1. The van der Waals surface area contributed by atoms with Crippen LogP contribution in [0.3, 0.4) is 0 Å². The van der Waals surface area contributed by atoms with Gasteiger partial charge in [-0.1, -0.05) is 30.4 Å². The van der Waals surface area contributed by atoms with Crippen LogP contribution in [0.5, 0.6) is 11.5 Å². The lowest BCUT2D eigenvalue weighted by Gasteiger charge is -2.32. The van der Waals surface area contributed by atoms with Crippen LogP contribution < -0.4 is 26.0 Å². The van der Waals surface area contributed by atoms with E-state index in [2.05, 4.69) is 32.7 Å². The van der Waals surface area contributed by atoms with E-state index in [0.29, 0.717) is 32.7 Å². The number of thiophene rings is 1. The van der Waals surface area contributed by atoms with Gasteiger partial charge in [-0.25, -0.2) is 9.78 Å². The third kappa shape index (κ3) is 6.19. The molecule has 0 radical (unpaired) electrons. The second-order valence-electron chi connectivity index (χ2n) is 11.8. The molecule has 0 bridgehead atoms. The van der Waals surface area contributed by atoms with Crippen LogP contribution >= 0.6 is 11.3 Å². The van der Waals surface area contributed by atoms with E-state index in [-0.39, 0.29) is 24.0 Å². The lowest BCUT2D eigenvalue weighted by molar-refractivity contribution is 0.0926. The number of para-hydroxylation sites is 1. The van der Waals surface area contributed by atoms with E-state index in [4.69, 9.17) is 10.5 Å². The molecule has 1 fully saturated rings. The van der Waals surface area contributed by atoms with Gasteiger partial charge in [0.15, 0.2) is 0 Å². The van der Waals surface area contributed by atoms with Gasteiger partial charge in [0.2, 0.25) is 0 Å². The van der Waals surface area contributed by atoms with E-state index in [9.17, 15) is 9.59 Å². The molecule has 1 aliphatic heterocycles. The first-order valence-corrected chi connectivity index (χ1v) is 15.8. The Kier molecular flexibility index (Phi) is 8.65. The minimum absolute atomic E-state index is 0.0255. The second-order valence-corrected chi connectivity index (χ2v) is 12.8. The topological polar surface area (TPSA) is 113 Å². The summed E-state index contributed by atoms with van der Waals surface area (Å²) in [5, 5.41) is 7.00. The van der Waals surface area contributed by atoms with Gasteiger partial charge in [-0.3, -0.25) is 9.69 Å². The summed E-state index contributed by atoms with van der Waals surface area (Å²) in [5.41, 5.74) is 9.26. The molecule has 1 aliphatic carbocycles. The van der Waals surface area contributed by atoms with Gasteiger partial charge in [-0.15, -0.1) is 11.3 Å². The molecule has 10 heteroatoms. The highest BCUT2D eigenvalue weighted by atomic mass is 32.1. The number of urea groups is 1. The number of carbonyl (C=O) groups is 2. The number of pyridine rings is 1. The number of aryl methyl sites for hydroxylation is 1. The van der Waals surface area contributed by atoms with Crippen molar-refractivity contribution in [3.63, 3.8) is 0 Å². The van der Waals surface area contributed by atoms with Crippen molar-refractivity contribution in [3.05, 3.63) is 83.4 Å². The standard InChI is InChI=1S/C34H38N6O3S/c1-21-20-25(43-24-8-5-4-6-9-24)15-16-27(21)40-28-17-18-36-33-29(28)30(38-34(40)42)31(44-33)32(41)37-23-13-11-22(12-14-23)26(35)10-7-19-39(2)3/h4-10,15-18,20,22-23,26H,11-14,19,35H2,1-3H3,(H,37,41)(H,38,42)/b10-7+. The van der Waals surface area contributed by atoms with Gasteiger partial charge in [0.05, 0.1) is 22.4 Å². The van der Waals surface area contributed by atoms with Gasteiger partial charge < -0.3 is 26.0 Å². The van der Waals surface area contributed by atoms with Gasteiger partial charge >= 0.3 is 6.03 Å². The lowest BCUT2D eigenvalue weighted by atomic mass is 9.81. The molecule has 4 N–H and O–H groups in total. The first-order chi connectivity index (χ1) is 21.3. The van der Waals surface area contributed by atoms with E-state index < -0.39 is 0 Å². The first kappa shape index (κ1) is 29.8. The Morgan fingerprint density at radius 1 is 1.14 bits per heavy atom. The molecule has 6 rings (SSSR count). The quantitative estimate of drug-likeness (QED) is 0.179. The van der Waals surface area contributed by atoms with Gasteiger partial charge in [0.25, 0.3) is 5.91 Å². The van der Waals surface area contributed by atoms with Crippen LogP contribution in [-0.4, -0.2) is 54.5 Å². The lowest BCUT2D eigenvalue weighted by Crippen LogP contribution is -2.41. The molecule has 4 aromatic rings. The highest BCUT2D eigenvalue weighted by Gasteiger charge is 2.34. The summed E-state index contributed by atoms with van der Waals surface area (Å²) in [7, 11) is 4.07. The fraction of sp³-hybridized carbons (Fsp3) is 0.324. The number of nitrogens with two attached hydrogens (primary N) is 1. The molecule has 2 aromatic heterocycles. The Morgan fingerprint density at radius 3 is 2.64 bits per heavy atom. The molecule has 3 amide bonds. The molecule has 2 aliphatic rings. The Hall–Kier alpha value is -4.25. The Labute approximate surface area is 261 Å². The van der Waals surface area contributed by atoms with E-state index in [1.165, 1.54) is 11.3 Å². The van der Waals surface area contributed by atoms with Crippen molar-refractivity contribution in [2.24, 2.45) is 11.7 Å². The number of aromatic nitrogens is 1. The maximum absolute atomic E-state index is 13.6. The zero-order chi connectivity index (χ0) is 30.8. The molecule has 3 heterocycles. The summed E-state index contributed by atoms with van der Waals surface area (Å²) in [6, 6.07) is 16.8. The Balaban J connectivity index is 1.18. The maximum Gasteiger partial charge on any atom is 0.331 e. The SMILES string of the molecule is Cc1cc(Oc2ccccc2)ccc1N1C(=O)Nc2c(C(=O)NC3CCC(C(N)/C=C/CN(C)C)CC3)sc3nccc1c23. The molecule has 1 saturated carbocycles. The zero-order valence-corrected chi connectivity index (χ0v) is 26.1. The van der Waals surface area contributed by atoms with Gasteiger partial charge in [0, 0.05) is 24.8 Å². The number of nitrogens with one attached hydrogen (secondary N) is 2.